The van der Waals surface area contributed by atoms with Crippen LogP contribution in [0.1, 0.15) is 40.0 Å². The highest BCUT2D eigenvalue weighted by molar-refractivity contribution is 7.89. The number of nitrogens with one attached hydrogen (secondary N) is 1. The van der Waals surface area contributed by atoms with E-state index in [1.54, 1.807) is 28.9 Å². The average molecular weight is 467 g/mol. The van der Waals surface area contributed by atoms with Crippen molar-refractivity contribution < 1.29 is 22.7 Å². The summed E-state index contributed by atoms with van der Waals surface area (Å²) in [6.45, 7) is 8.98. The fourth-order valence-corrected chi connectivity index (χ4v) is 5.66. The van der Waals surface area contributed by atoms with Crippen LogP contribution in [-0.4, -0.2) is 81.9 Å². The van der Waals surface area contributed by atoms with E-state index in [1.165, 1.54) is 13.2 Å². The van der Waals surface area contributed by atoms with Gasteiger partial charge in [-0.1, -0.05) is 6.07 Å². The smallest absolute Gasteiger partial charge is 0.245 e. The van der Waals surface area contributed by atoms with Gasteiger partial charge in [0.1, 0.15) is 4.90 Å². The molecule has 2 amide bonds. The molecule has 0 unspecified atom stereocenters. The maximum absolute atomic E-state index is 13.2. The molecule has 1 N–H and O–H groups in total. The summed E-state index contributed by atoms with van der Waals surface area (Å²) in [4.78, 5) is 30.8. The molecule has 3 rings (SSSR count). The molecular weight excluding hydrogens is 432 g/mol. The van der Waals surface area contributed by atoms with Crippen molar-refractivity contribution in [2.24, 2.45) is 0 Å². The zero-order valence-electron chi connectivity index (χ0n) is 19.3. The Kier molecular flexibility index (Phi) is 7.79. The van der Waals surface area contributed by atoms with E-state index >= 15 is 0 Å². The minimum atomic E-state index is -4.06. The van der Waals surface area contributed by atoms with Crippen LogP contribution in [0.25, 0.3) is 0 Å². The number of para-hydroxylation sites is 1. The standard InChI is InChI=1S/C22H34N4O5S/c1-16(2)24-12-14-25(15-13-24)22(28)17(3)23-32(29,30)19-9-7-8-18(21(19)31-4)26-11-6-5-10-20(26)27/h7-9,16-17,23H,5-6,10-15H2,1-4H3/t17-/m0/s1. The lowest BCUT2D eigenvalue weighted by Gasteiger charge is -2.37. The topological polar surface area (TPSA) is 99.3 Å². The van der Waals surface area contributed by atoms with E-state index in [0.29, 0.717) is 37.8 Å². The van der Waals surface area contributed by atoms with E-state index in [-0.39, 0.29) is 22.5 Å². The number of nitrogens with zero attached hydrogens (tertiary/aromatic N) is 3. The predicted molar refractivity (Wildman–Crippen MR) is 122 cm³/mol. The lowest BCUT2D eigenvalue weighted by molar-refractivity contribution is -0.134. The summed E-state index contributed by atoms with van der Waals surface area (Å²) in [5.41, 5.74) is 0.434. The SMILES string of the molecule is COc1c(N2CCCCC2=O)cccc1S(=O)(=O)N[C@@H](C)C(=O)N1CCN(C(C)C)CC1. The van der Waals surface area contributed by atoms with Gasteiger partial charge in [0.25, 0.3) is 0 Å². The molecule has 0 radical (unpaired) electrons. The third kappa shape index (κ3) is 5.24. The fraction of sp³-hybridized carbons (Fsp3) is 0.636. The van der Waals surface area contributed by atoms with E-state index in [4.69, 9.17) is 4.74 Å². The number of hydrogen-bond donors (Lipinski definition) is 1. The van der Waals surface area contributed by atoms with Gasteiger partial charge < -0.3 is 14.5 Å². The molecule has 0 saturated carbocycles. The van der Waals surface area contributed by atoms with Crippen molar-refractivity contribution in [1.29, 1.82) is 0 Å². The second-order valence-electron chi connectivity index (χ2n) is 8.61. The van der Waals surface area contributed by atoms with Gasteiger partial charge in [-0.3, -0.25) is 14.5 Å². The molecule has 2 heterocycles. The molecule has 1 atom stereocenters. The zero-order chi connectivity index (χ0) is 23.5. The molecule has 2 aliphatic heterocycles. The number of piperazine rings is 1. The maximum Gasteiger partial charge on any atom is 0.245 e. The van der Waals surface area contributed by atoms with Gasteiger partial charge in [-0.15, -0.1) is 0 Å². The van der Waals surface area contributed by atoms with E-state index < -0.39 is 16.1 Å². The third-order valence-corrected chi connectivity index (χ3v) is 7.69. The second kappa shape index (κ2) is 10.2. The third-order valence-electron chi connectivity index (χ3n) is 6.12. The van der Waals surface area contributed by atoms with Crippen LogP contribution in [0.15, 0.2) is 23.1 Å². The van der Waals surface area contributed by atoms with E-state index in [1.807, 2.05) is 0 Å². The molecule has 9 nitrogen and oxygen atoms in total. The summed E-state index contributed by atoms with van der Waals surface area (Å²) in [5.74, 6) is -0.195. The fourth-order valence-electron chi connectivity index (χ4n) is 4.27. The summed E-state index contributed by atoms with van der Waals surface area (Å²) in [5, 5.41) is 0. The molecule has 32 heavy (non-hydrogen) atoms. The van der Waals surface area contributed by atoms with E-state index in [2.05, 4.69) is 23.5 Å². The first-order valence-electron chi connectivity index (χ1n) is 11.2. The van der Waals surface area contributed by atoms with Gasteiger partial charge >= 0.3 is 0 Å². The van der Waals surface area contributed by atoms with Gasteiger partial charge in [-0.2, -0.15) is 4.72 Å². The number of methoxy groups -OCH3 is 1. The van der Waals surface area contributed by atoms with Crippen LogP contribution < -0.4 is 14.4 Å². The molecule has 2 aliphatic rings. The van der Waals surface area contributed by atoms with Gasteiger partial charge in [-0.25, -0.2) is 8.42 Å². The molecule has 0 spiro atoms. The molecule has 1 aromatic rings. The summed E-state index contributed by atoms with van der Waals surface area (Å²) in [7, 11) is -2.68. The summed E-state index contributed by atoms with van der Waals surface area (Å²) >= 11 is 0. The number of carbonyl (C=O) groups excluding carboxylic acids is 2. The Labute approximate surface area is 190 Å². The number of amides is 2. The Hall–Kier alpha value is -2.17. The Morgan fingerprint density at radius 1 is 1.06 bits per heavy atom. The highest BCUT2D eigenvalue weighted by Crippen LogP contribution is 2.36. The quantitative estimate of drug-likeness (QED) is 0.653. The first-order valence-corrected chi connectivity index (χ1v) is 12.7. The average Bonchev–Trinajstić information content (AvgIpc) is 2.78. The number of piperidine rings is 1. The summed E-state index contributed by atoms with van der Waals surface area (Å²) in [6, 6.07) is 4.19. The Balaban J connectivity index is 1.77. The number of carbonyl (C=O) groups is 2. The molecule has 0 bridgehead atoms. The monoisotopic (exact) mass is 466 g/mol. The normalized spacial score (nSPS) is 19.3. The van der Waals surface area contributed by atoms with Crippen molar-refractivity contribution >= 4 is 27.5 Å². The van der Waals surface area contributed by atoms with Gasteiger partial charge in [0.15, 0.2) is 5.75 Å². The first-order chi connectivity index (χ1) is 15.2. The lowest BCUT2D eigenvalue weighted by atomic mass is 10.1. The van der Waals surface area contributed by atoms with Crippen molar-refractivity contribution in [2.75, 3.05) is 44.7 Å². The number of ether oxygens (including phenoxy) is 1. The van der Waals surface area contributed by atoms with E-state index in [9.17, 15) is 18.0 Å². The number of rotatable bonds is 7. The Morgan fingerprint density at radius 2 is 1.75 bits per heavy atom. The van der Waals surface area contributed by atoms with Crippen LogP contribution in [0.5, 0.6) is 5.75 Å². The van der Waals surface area contributed by atoms with Crippen LogP contribution in [0.4, 0.5) is 5.69 Å². The second-order valence-corrected chi connectivity index (χ2v) is 10.3. The molecule has 1 aromatic carbocycles. The highest BCUT2D eigenvalue weighted by Gasteiger charge is 2.32. The zero-order valence-corrected chi connectivity index (χ0v) is 20.2. The van der Waals surface area contributed by atoms with Crippen LogP contribution in [0.2, 0.25) is 0 Å². The van der Waals surface area contributed by atoms with Crippen molar-refractivity contribution in [3.05, 3.63) is 18.2 Å². The molecule has 10 heteroatoms. The first kappa shape index (κ1) is 24.5. The number of sulfonamides is 1. The number of hydrogen-bond acceptors (Lipinski definition) is 6. The molecular formula is C22H34N4O5S. The number of benzene rings is 1. The van der Waals surface area contributed by atoms with Crippen molar-refractivity contribution in [2.45, 2.75) is 57.0 Å². The molecule has 0 aliphatic carbocycles. The van der Waals surface area contributed by atoms with Crippen molar-refractivity contribution in [3.8, 4) is 5.75 Å². The van der Waals surface area contributed by atoms with Crippen LogP contribution >= 0.6 is 0 Å². The lowest BCUT2D eigenvalue weighted by Crippen LogP contribution is -2.55. The number of anilines is 1. The Morgan fingerprint density at radius 3 is 2.34 bits per heavy atom. The largest absolute Gasteiger partial charge is 0.493 e. The molecule has 0 aromatic heterocycles. The minimum absolute atomic E-state index is 0.0545. The minimum Gasteiger partial charge on any atom is -0.493 e. The van der Waals surface area contributed by atoms with E-state index in [0.717, 1.165) is 25.9 Å². The van der Waals surface area contributed by atoms with Gasteiger partial charge in [-0.05, 0) is 45.7 Å². The van der Waals surface area contributed by atoms with Gasteiger partial charge in [0.05, 0.1) is 18.8 Å². The molecule has 2 saturated heterocycles. The van der Waals surface area contributed by atoms with Crippen LogP contribution in [-0.2, 0) is 19.6 Å². The van der Waals surface area contributed by atoms with Crippen molar-refractivity contribution in [1.82, 2.24) is 14.5 Å². The molecule has 178 valence electrons. The highest BCUT2D eigenvalue weighted by atomic mass is 32.2. The Bertz CT molecular complexity index is 942. The maximum atomic E-state index is 13.2. The van der Waals surface area contributed by atoms with Crippen molar-refractivity contribution in [3.63, 3.8) is 0 Å². The van der Waals surface area contributed by atoms with Gasteiger partial charge in [0, 0.05) is 45.2 Å². The summed E-state index contributed by atoms with van der Waals surface area (Å²) < 4.78 is 34.3. The van der Waals surface area contributed by atoms with Crippen LogP contribution in [0.3, 0.4) is 0 Å². The summed E-state index contributed by atoms with van der Waals surface area (Å²) in [6.07, 6.45) is 2.09. The molecule has 2 fully saturated rings. The predicted octanol–water partition coefficient (Wildman–Crippen LogP) is 1.43. The van der Waals surface area contributed by atoms with Crippen LogP contribution in [0, 0.1) is 0 Å². The van der Waals surface area contributed by atoms with Gasteiger partial charge in [0.2, 0.25) is 21.8 Å².